The van der Waals surface area contributed by atoms with Gasteiger partial charge in [0.15, 0.2) is 25.2 Å². The van der Waals surface area contributed by atoms with Crippen LogP contribution < -0.4 is 10.6 Å². The number of nitrogens with one attached hydrogen (secondary N) is 2. The smallest absolute Gasteiger partial charge is 0.217 e. The third-order valence-corrected chi connectivity index (χ3v) is 8.95. The first-order chi connectivity index (χ1) is 23.5. The fraction of sp³-hybridized carbons (Fsp3) is 0.929. The van der Waals surface area contributed by atoms with E-state index in [1.165, 1.54) is 6.92 Å². The Morgan fingerprint density at radius 1 is 0.560 bits per heavy atom. The predicted octanol–water partition coefficient (Wildman–Crippen LogP) is -8.43. The molecule has 22 nitrogen and oxygen atoms in total. The number of amides is 2. The van der Waals surface area contributed by atoms with Gasteiger partial charge in [0.25, 0.3) is 0 Å². The molecule has 4 aliphatic heterocycles. The number of aliphatic hydroxyl groups excluding tert-OH is 11. The molecule has 0 saturated carbocycles. The van der Waals surface area contributed by atoms with Crippen LogP contribution >= 0.6 is 0 Å². The molecular weight excluding hydrogens is 684 g/mol. The van der Waals surface area contributed by atoms with Crippen molar-refractivity contribution in [2.45, 2.75) is 143 Å². The maximum Gasteiger partial charge on any atom is 0.217 e. The molecular formula is C28H48N2O20. The zero-order valence-electron chi connectivity index (χ0n) is 27.3. The standard InChI is InChI=1S/C28H48N2O20/c1-7-15(35)19(39)21(41)27(45-7)50-24-14(30-9(3)34)26(44-6-12-17(37)18(38)13(25(43)46-12)29-8(2)33)48-11(5-32)23(24)49-28-22(42)20(40)16(36)10(4-31)47-28/h7,10-28,31-32,35-43H,4-6H2,1-3H3,(H,29,33)(H,30,34)/t7-,10+,11+,12+,13+,14+,15+,16-,17-,18+,19+,20-,21-,22+,23+,24+,25+,26+,27-,28-/m0/s1. The van der Waals surface area contributed by atoms with Gasteiger partial charge < -0.3 is 100.0 Å². The van der Waals surface area contributed by atoms with E-state index < -0.39 is 154 Å². The summed E-state index contributed by atoms with van der Waals surface area (Å²) in [6.45, 7) is 1.22. The molecule has 13 N–H and O–H groups in total. The van der Waals surface area contributed by atoms with Gasteiger partial charge in [0.05, 0.1) is 25.9 Å². The van der Waals surface area contributed by atoms with E-state index in [1.807, 2.05) is 0 Å². The van der Waals surface area contributed by atoms with Gasteiger partial charge in [-0.3, -0.25) is 9.59 Å². The molecule has 20 atom stereocenters. The minimum absolute atomic E-state index is 0.627. The highest BCUT2D eigenvalue weighted by molar-refractivity contribution is 5.73. The predicted molar refractivity (Wildman–Crippen MR) is 156 cm³/mol. The van der Waals surface area contributed by atoms with E-state index in [0.717, 1.165) is 13.8 Å². The van der Waals surface area contributed by atoms with Crippen molar-refractivity contribution < 1.29 is 98.9 Å². The molecule has 0 aromatic heterocycles. The fourth-order valence-electron chi connectivity index (χ4n) is 6.19. The molecule has 22 heteroatoms. The molecule has 2 amide bonds. The third-order valence-electron chi connectivity index (χ3n) is 8.95. The van der Waals surface area contributed by atoms with Crippen LogP contribution in [0.3, 0.4) is 0 Å². The van der Waals surface area contributed by atoms with Crippen molar-refractivity contribution >= 4 is 11.8 Å². The average molecular weight is 733 g/mol. The molecule has 0 spiro atoms. The number of carbonyl (C=O) groups excluding carboxylic acids is 2. The minimum Gasteiger partial charge on any atom is -0.394 e. The lowest BCUT2D eigenvalue weighted by atomic mass is 9.94. The molecule has 0 radical (unpaired) electrons. The number of carbonyl (C=O) groups is 2. The first-order valence-electron chi connectivity index (χ1n) is 15.9. The van der Waals surface area contributed by atoms with Gasteiger partial charge in [0.1, 0.15) is 91.4 Å². The molecule has 0 bridgehead atoms. The van der Waals surface area contributed by atoms with Crippen LogP contribution in [-0.2, 0) is 42.7 Å². The van der Waals surface area contributed by atoms with Crippen molar-refractivity contribution in [1.82, 2.24) is 10.6 Å². The summed E-state index contributed by atoms with van der Waals surface area (Å²) in [5.74, 6) is -1.35. The highest BCUT2D eigenvalue weighted by Gasteiger charge is 2.55. The monoisotopic (exact) mass is 732 g/mol. The Balaban J connectivity index is 1.65. The van der Waals surface area contributed by atoms with Crippen molar-refractivity contribution in [3.8, 4) is 0 Å². The van der Waals surface area contributed by atoms with E-state index in [1.54, 1.807) is 0 Å². The van der Waals surface area contributed by atoms with Crippen LogP contribution in [0.1, 0.15) is 20.8 Å². The van der Waals surface area contributed by atoms with Crippen molar-refractivity contribution in [1.29, 1.82) is 0 Å². The van der Waals surface area contributed by atoms with Crippen LogP contribution in [0.4, 0.5) is 0 Å². The van der Waals surface area contributed by atoms with Gasteiger partial charge in [-0.15, -0.1) is 0 Å². The molecule has 4 saturated heterocycles. The summed E-state index contributed by atoms with van der Waals surface area (Å²) >= 11 is 0. The van der Waals surface area contributed by atoms with Gasteiger partial charge in [-0.05, 0) is 6.92 Å². The Hall–Kier alpha value is -1.78. The van der Waals surface area contributed by atoms with E-state index in [4.69, 9.17) is 33.2 Å². The first kappa shape index (κ1) is 41.0. The summed E-state index contributed by atoms with van der Waals surface area (Å²) in [6, 6.07) is -2.91. The van der Waals surface area contributed by atoms with Gasteiger partial charge in [-0.2, -0.15) is 0 Å². The van der Waals surface area contributed by atoms with Crippen LogP contribution in [0, 0.1) is 0 Å². The lowest BCUT2D eigenvalue weighted by Gasteiger charge is -2.50. The van der Waals surface area contributed by atoms with E-state index in [0.29, 0.717) is 0 Å². The number of aliphatic hydroxyl groups is 11. The van der Waals surface area contributed by atoms with Crippen LogP contribution in [-0.4, -0.2) is 211 Å². The van der Waals surface area contributed by atoms with Crippen molar-refractivity contribution in [3.05, 3.63) is 0 Å². The summed E-state index contributed by atoms with van der Waals surface area (Å²) in [5.41, 5.74) is 0. The number of rotatable bonds is 11. The highest BCUT2D eigenvalue weighted by Crippen LogP contribution is 2.34. The molecule has 0 aromatic carbocycles. The number of hydrogen-bond acceptors (Lipinski definition) is 20. The second kappa shape index (κ2) is 17.4. The largest absolute Gasteiger partial charge is 0.394 e. The molecule has 4 rings (SSSR count). The lowest BCUT2D eigenvalue weighted by Crippen LogP contribution is -2.70. The Kier molecular flexibility index (Phi) is 14.2. The summed E-state index contributed by atoms with van der Waals surface area (Å²) in [5, 5.41) is 119. The van der Waals surface area contributed by atoms with E-state index >= 15 is 0 Å². The molecule has 4 fully saturated rings. The van der Waals surface area contributed by atoms with Gasteiger partial charge in [-0.1, -0.05) is 0 Å². The molecule has 50 heavy (non-hydrogen) atoms. The second-order valence-electron chi connectivity index (χ2n) is 12.6. The maximum absolute atomic E-state index is 12.5. The van der Waals surface area contributed by atoms with E-state index in [-0.39, 0.29) is 0 Å². The normalized spacial score (nSPS) is 48.5. The van der Waals surface area contributed by atoms with Gasteiger partial charge in [0, 0.05) is 13.8 Å². The van der Waals surface area contributed by atoms with Crippen LogP contribution in [0.5, 0.6) is 0 Å². The molecule has 290 valence electrons. The fourth-order valence-corrected chi connectivity index (χ4v) is 6.19. The summed E-state index contributed by atoms with van der Waals surface area (Å²) in [7, 11) is 0. The Morgan fingerprint density at radius 2 is 1.06 bits per heavy atom. The molecule has 4 heterocycles. The SMILES string of the molecule is CC(=O)N[C@@H]1[C@@H](O)[C@@H](O)[C@@H](CO[C@@H]2O[C@H](CO)[C@@H](O[C@@H]3O[C@H](CO)[C@H](O)[C@H](O)[C@H]3O)[C@H](O[C@@H]3O[C@@H](C)[C@@H](O)[C@@H](O)[C@@H]3O)[C@H]2NC(C)=O)O[C@H]1O. The van der Waals surface area contributed by atoms with E-state index in [2.05, 4.69) is 10.6 Å². The molecule has 0 aromatic rings. The molecule has 4 aliphatic rings. The van der Waals surface area contributed by atoms with Crippen LogP contribution in [0.25, 0.3) is 0 Å². The zero-order chi connectivity index (χ0) is 37.2. The summed E-state index contributed by atoms with van der Waals surface area (Å²) in [6.07, 6.45) is -30.1. The third kappa shape index (κ3) is 8.87. The first-order valence-corrected chi connectivity index (χ1v) is 15.9. The van der Waals surface area contributed by atoms with Gasteiger partial charge >= 0.3 is 0 Å². The number of hydrogen-bond donors (Lipinski definition) is 13. The highest BCUT2D eigenvalue weighted by atomic mass is 16.8. The van der Waals surface area contributed by atoms with E-state index in [9.17, 15) is 65.8 Å². The average Bonchev–Trinajstić information content (AvgIpc) is 3.06. The second-order valence-corrected chi connectivity index (χ2v) is 12.6. The van der Waals surface area contributed by atoms with Crippen LogP contribution in [0.15, 0.2) is 0 Å². The van der Waals surface area contributed by atoms with Crippen molar-refractivity contribution in [3.63, 3.8) is 0 Å². The zero-order valence-corrected chi connectivity index (χ0v) is 27.3. The van der Waals surface area contributed by atoms with Crippen molar-refractivity contribution in [2.75, 3.05) is 19.8 Å². The summed E-state index contributed by atoms with van der Waals surface area (Å²) < 4.78 is 40.1. The van der Waals surface area contributed by atoms with Gasteiger partial charge in [-0.25, -0.2) is 0 Å². The van der Waals surface area contributed by atoms with Crippen molar-refractivity contribution in [2.24, 2.45) is 0 Å². The van der Waals surface area contributed by atoms with Gasteiger partial charge in [0.2, 0.25) is 11.8 Å². The quantitative estimate of drug-likeness (QED) is 0.0938. The Morgan fingerprint density at radius 3 is 1.64 bits per heavy atom. The minimum atomic E-state index is -1.95. The Labute approximate surface area is 285 Å². The Bertz CT molecular complexity index is 1120. The number of ether oxygens (including phenoxy) is 7. The topological polar surface area (TPSA) is 345 Å². The molecule has 0 unspecified atom stereocenters. The lowest BCUT2D eigenvalue weighted by molar-refractivity contribution is -0.375. The summed E-state index contributed by atoms with van der Waals surface area (Å²) in [4.78, 5) is 24.0. The maximum atomic E-state index is 12.5. The molecule has 0 aliphatic carbocycles. The van der Waals surface area contributed by atoms with Crippen LogP contribution in [0.2, 0.25) is 0 Å².